The van der Waals surface area contributed by atoms with Gasteiger partial charge in [-0.3, -0.25) is 4.79 Å². The van der Waals surface area contributed by atoms with Gasteiger partial charge in [-0.05, 0) is 93.5 Å². The number of amides is 1. The van der Waals surface area contributed by atoms with E-state index in [4.69, 9.17) is 10.2 Å². The van der Waals surface area contributed by atoms with Crippen molar-refractivity contribution < 1.29 is 9.21 Å². The van der Waals surface area contributed by atoms with E-state index in [2.05, 4.69) is 58.5 Å². The van der Waals surface area contributed by atoms with Crippen molar-refractivity contribution in [2.24, 2.45) is 23.5 Å². The summed E-state index contributed by atoms with van der Waals surface area (Å²) in [6, 6.07) is 16.0. The molecule has 4 aromatic rings. The van der Waals surface area contributed by atoms with Crippen molar-refractivity contribution in [3.63, 3.8) is 0 Å². The van der Waals surface area contributed by atoms with E-state index in [0.29, 0.717) is 23.9 Å². The Morgan fingerprint density at radius 3 is 2.55 bits per heavy atom. The molecular formula is C34H40N4O2. The number of piperidine rings is 2. The van der Waals surface area contributed by atoms with Crippen molar-refractivity contribution in [1.82, 2.24) is 9.47 Å². The predicted octanol–water partition coefficient (Wildman–Crippen LogP) is 6.57. The largest absolute Gasteiger partial charge is 0.454 e. The highest BCUT2D eigenvalue weighted by molar-refractivity contribution is 6.00. The Morgan fingerprint density at radius 2 is 1.82 bits per heavy atom. The number of likely N-dealkylation sites (tertiary alicyclic amines) is 1. The van der Waals surface area contributed by atoms with Gasteiger partial charge in [0.2, 0.25) is 0 Å². The summed E-state index contributed by atoms with van der Waals surface area (Å²) in [4.78, 5) is 18.1. The van der Waals surface area contributed by atoms with Crippen molar-refractivity contribution in [3.05, 3.63) is 53.6 Å². The van der Waals surface area contributed by atoms with Crippen LogP contribution in [-0.4, -0.2) is 47.1 Å². The fourth-order valence-corrected chi connectivity index (χ4v) is 7.85. The van der Waals surface area contributed by atoms with Crippen LogP contribution in [0.3, 0.4) is 0 Å². The standard InChI is InChI=1S/C34H40N4O2/c1-20-25-7-10-29(20)38(19-25)34(39)24-6-9-28-21(2)33(40-32(28)16-24)31-15-23-5-8-27(36-13-11-26(35)12-14-36)17-30(23)37(31)18-22-3-4-22/h5-6,8-9,15-17,20,22,25-26,29H,3-4,7,10-14,18-19,35H2,1-2H3. The van der Waals surface area contributed by atoms with Gasteiger partial charge in [-0.15, -0.1) is 0 Å². The van der Waals surface area contributed by atoms with Crippen LogP contribution < -0.4 is 10.6 Å². The topological polar surface area (TPSA) is 67.6 Å². The number of nitrogens with two attached hydrogens (primary N) is 1. The van der Waals surface area contributed by atoms with E-state index >= 15 is 0 Å². The zero-order valence-electron chi connectivity index (χ0n) is 23.7. The van der Waals surface area contributed by atoms with Gasteiger partial charge in [0.15, 0.2) is 5.76 Å². The second kappa shape index (κ2) is 9.13. The van der Waals surface area contributed by atoms with E-state index in [-0.39, 0.29) is 5.91 Å². The third kappa shape index (κ3) is 3.90. The second-order valence-electron chi connectivity index (χ2n) is 13.1. The molecule has 6 nitrogen and oxygen atoms in total. The highest BCUT2D eigenvalue weighted by Crippen LogP contribution is 2.44. The van der Waals surface area contributed by atoms with Crippen LogP contribution in [0.15, 0.2) is 46.9 Å². The quantitative estimate of drug-likeness (QED) is 0.313. The zero-order valence-corrected chi connectivity index (χ0v) is 23.7. The molecule has 3 atom stereocenters. The molecule has 2 N–H and O–H groups in total. The molecule has 208 valence electrons. The highest BCUT2D eigenvalue weighted by atomic mass is 16.3. The van der Waals surface area contributed by atoms with E-state index < -0.39 is 0 Å². The average Bonchev–Trinajstić information content (AvgIpc) is 3.38. The van der Waals surface area contributed by atoms with E-state index in [1.165, 1.54) is 35.9 Å². The van der Waals surface area contributed by atoms with Gasteiger partial charge >= 0.3 is 0 Å². The first-order valence-corrected chi connectivity index (χ1v) is 15.4. The summed E-state index contributed by atoms with van der Waals surface area (Å²) in [6.07, 6.45) is 7.09. The Balaban J connectivity index is 1.17. The normalized spacial score (nSPS) is 25.1. The fraction of sp³-hybridized carbons (Fsp3) is 0.500. The molecule has 2 aliphatic heterocycles. The molecule has 1 amide bonds. The minimum Gasteiger partial charge on any atom is -0.454 e. The fourth-order valence-electron chi connectivity index (χ4n) is 7.85. The van der Waals surface area contributed by atoms with Crippen LogP contribution in [0.1, 0.15) is 61.4 Å². The summed E-state index contributed by atoms with van der Waals surface area (Å²) < 4.78 is 9.13. The van der Waals surface area contributed by atoms with Gasteiger partial charge in [0.05, 0.1) is 11.2 Å². The SMILES string of the molecule is Cc1c(-c2cc3ccc(N4CCC(N)CC4)cc3n2CC2CC2)oc2cc(C(=O)N3CC4CCC3C4C)ccc12. The Bertz CT molecular complexity index is 1620. The highest BCUT2D eigenvalue weighted by Gasteiger charge is 2.46. The molecule has 2 aliphatic carbocycles. The van der Waals surface area contributed by atoms with Gasteiger partial charge < -0.3 is 24.5 Å². The van der Waals surface area contributed by atoms with Crippen LogP contribution in [0.2, 0.25) is 0 Å². The first-order valence-electron chi connectivity index (χ1n) is 15.4. The number of nitrogens with zero attached hydrogens (tertiary/aromatic N) is 3. The second-order valence-corrected chi connectivity index (χ2v) is 13.1. The molecule has 2 saturated heterocycles. The lowest BCUT2D eigenvalue weighted by atomic mass is 10.0. The van der Waals surface area contributed by atoms with E-state index in [0.717, 1.165) is 84.9 Å². The molecule has 40 heavy (non-hydrogen) atoms. The molecule has 2 aromatic heterocycles. The number of aryl methyl sites for hydroxylation is 1. The summed E-state index contributed by atoms with van der Waals surface area (Å²) in [5.41, 5.74) is 12.6. The number of hydrogen-bond donors (Lipinski definition) is 1. The molecule has 2 bridgehead atoms. The van der Waals surface area contributed by atoms with Crippen LogP contribution in [0.25, 0.3) is 33.3 Å². The number of hydrogen-bond acceptors (Lipinski definition) is 4. The number of carbonyl (C=O) groups excluding carboxylic acids is 1. The number of furan rings is 1. The molecule has 6 heteroatoms. The summed E-state index contributed by atoms with van der Waals surface area (Å²) in [6.45, 7) is 8.42. The summed E-state index contributed by atoms with van der Waals surface area (Å²) in [5.74, 6) is 3.10. The number of aromatic nitrogens is 1. The number of benzene rings is 2. The Kier molecular flexibility index (Phi) is 5.60. The zero-order chi connectivity index (χ0) is 27.1. The lowest BCUT2D eigenvalue weighted by molar-refractivity contribution is 0.0696. The summed E-state index contributed by atoms with van der Waals surface area (Å²) in [7, 11) is 0. The number of carbonyl (C=O) groups is 1. The average molecular weight is 537 g/mol. The van der Waals surface area contributed by atoms with Crippen molar-refractivity contribution in [2.45, 2.75) is 71.0 Å². The predicted molar refractivity (Wildman–Crippen MR) is 161 cm³/mol. The minimum absolute atomic E-state index is 0.158. The summed E-state index contributed by atoms with van der Waals surface area (Å²) >= 11 is 0. The lowest BCUT2D eigenvalue weighted by Crippen LogP contribution is -2.39. The molecule has 8 rings (SSSR count). The maximum absolute atomic E-state index is 13.5. The van der Waals surface area contributed by atoms with Crippen molar-refractivity contribution in [3.8, 4) is 11.5 Å². The third-order valence-corrected chi connectivity index (χ3v) is 10.6. The molecule has 4 aliphatic rings. The first-order chi connectivity index (χ1) is 19.4. The summed E-state index contributed by atoms with van der Waals surface area (Å²) in [5, 5.41) is 2.35. The van der Waals surface area contributed by atoms with Gasteiger partial charge in [-0.1, -0.05) is 19.1 Å². The van der Waals surface area contributed by atoms with Gasteiger partial charge in [0.25, 0.3) is 5.91 Å². The van der Waals surface area contributed by atoms with Crippen molar-refractivity contribution in [1.29, 1.82) is 0 Å². The van der Waals surface area contributed by atoms with Crippen LogP contribution in [0.5, 0.6) is 0 Å². The van der Waals surface area contributed by atoms with E-state index in [1.807, 2.05) is 12.1 Å². The van der Waals surface area contributed by atoms with Gasteiger partial charge in [-0.2, -0.15) is 0 Å². The maximum Gasteiger partial charge on any atom is 0.254 e. The van der Waals surface area contributed by atoms with Crippen LogP contribution in [0, 0.1) is 24.7 Å². The third-order valence-electron chi connectivity index (χ3n) is 10.6. The Labute approximate surface area is 236 Å². The van der Waals surface area contributed by atoms with E-state index in [9.17, 15) is 4.79 Å². The molecule has 2 aromatic carbocycles. The number of anilines is 1. The van der Waals surface area contributed by atoms with Crippen LogP contribution in [0.4, 0.5) is 5.69 Å². The molecule has 2 saturated carbocycles. The Morgan fingerprint density at radius 1 is 1.00 bits per heavy atom. The maximum atomic E-state index is 13.5. The first kappa shape index (κ1) is 24.5. The van der Waals surface area contributed by atoms with E-state index in [1.54, 1.807) is 0 Å². The van der Waals surface area contributed by atoms with Crippen LogP contribution >= 0.6 is 0 Å². The molecular weight excluding hydrogens is 496 g/mol. The van der Waals surface area contributed by atoms with Crippen molar-refractivity contribution >= 4 is 33.5 Å². The molecule has 0 radical (unpaired) electrons. The monoisotopic (exact) mass is 536 g/mol. The minimum atomic E-state index is 0.158. The number of fused-ring (bicyclic) bond motifs is 4. The van der Waals surface area contributed by atoms with Crippen LogP contribution in [-0.2, 0) is 6.54 Å². The number of rotatable bonds is 5. The smallest absolute Gasteiger partial charge is 0.254 e. The van der Waals surface area contributed by atoms with Crippen molar-refractivity contribution in [2.75, 3.05) is 24.5 Å². The lowest BCUT2D eigenvalue weighted by Gasteiger charge is -2.32. The van der Waals surface area contributed by atoms with Gasteiger partial charge in [0.1, 0.15) is 5.58 Å². The molecule has 0 spiro atoms. The van der Waals surface area contributed by atoms with Gasteiger partial charge in [-0.25, -0.2) is 0 Å². The molecule has 3 unspecified atom stereocenters. The van der Waals surface area contributed by atoms with Gasteiger partial charge in [0, 0.05) is 65.8 Å². The molecule has 4 heterocycles. The molecule has 4 fully saturated rings. The Hall–Kier alpha value is -3.25.